The van der Waals surface area contributed by atoms with Gasteiger partial charge in [0.2, 0.25) is 0 Å². The van der Waals surface area contributed by atoms with Gasteiger partial charge in [0.25, 0.3) is 0 Å². The lowest BCUT2D eigenvalue weighted by molar-refractivity contribution is 0.0912. The van der Waals surface area contributed by atoms with Crippen LogP contribution < -0.4 is 0 Å². The Morgan fingerprint density at radius 1 is 1.36 bits per heavy atom. The van der Waals surface area contributed by atoms with Gasteiger partial charge in [-0.1, -0.05) is 20.3 Å². The SMILES string of the molecule is CCC(C)N(CC)C1CCC1. The van der Waals surface area contributed by atoms with Crippen molar-refractivity contribution in [1.29, 1.82) is 0 Å². The van der Waals surface area contributed by atoms with E-state index in [2.05, 4.69) is 25.7 Å². The highest BCUT2D eigenvalue weighted by molar-refractivity contribution is 4.81. The molecule has 11 heavy (non-hydrogen) atoms. The van der Waals surface area contributed by atoms with Crippen molar-refractivity contribution in [2.75, 3.05) is 6.54 Å². The molecule has 1 nitrogen and oxygen atoms in total. The fourth-order valence-corrected chi connectivity index (χ4v) is 1.88. The maximum atomic E-state index is 2.66. The van der Waals surface area contributed by atoms with E-state index in [9.17, 15) is 0 Å². The second-order valence-corrected chi connectivity index (χ2v) is 3.67. The van der Waals surface area contributed by atoms with Gasteiger partial charge in [-0.25, -0.2) is 0 Å². The average molecular weight is 155 g/mol. The van der Waals surface area contributed by atoms with Crippen molar-refractivity contribution in [3.8, 4) is 0 Å². The monoisotopic (exact) mass is 155 g/mol. The third-order valence-electron chi connectivity index (χ3n) is 3.07. The molecule has 0 aliphatic heterocycles. The smallest absolute Gasteiger partial charge is 0.00979 e. The van der Waals surface area contributed by atoms with E-state index in [1.807, 2.05) is 0 Å². The maximum absolute atomic E-state index is 2.66. The molecule has 1 aliphatic carbocycles. The first-order valence-corrected chi connectivity index (χ1v) is 5.05. The molecule has 0 radical (unpaired) electrons. The fourth-order valence-electron chi connectivity index (χ4n) is 1.88. The van der Waals surface area contributed by atoms with Crippen molar-refractivity contribution in [1.82, 2.24) is 4.90 Å². The third-order valence-corrected chi connectivity index (χ3v) is 3.07. The van der Waals surface area contributed by atoms with Gasteiger partial charge in [-0.3, -0.25) is 4.90 Å². The van der Waals surface area contributed by atoms with Crippen LogP contribution in [0.1, 0.15) is 46.5 Å². The molecular weight excluding hydrogens is 134 g/mol. The Morgan fingerprint density at radius 2 is 2.00 bits per heavy atom. The summed E-state index contributed by atoms with van der Waals surface area (Å²) in [5.74, 6) is 0. The first-order chi connectivity index (χ1) is 5.29. The predicted molar refractivity (Wildman–Crippen MR) is 49.8 cm³/mol. The molecule has 0 amide bonds. The normalized spacial score (nSPS) is 21.8. The van der Waals surface area contributed by atoms with Gasteiger partial charge in [0, 0.05) is 12.1 Å². The zero-order valence-corrected chi connectivity index (χ0v) is 8.14. The number of nitrogens with zero attached hydrogens (tertiary/aromatic N) is 1. The molecule has 0 heterocycles. The molecule has 1 saturated carbocycles. The van der Waals surface area contributed by atoms with Crippen LogP contribution in [0.25, 0.3) is 0 Å². The van der Waals surface area contributed by atoms with E-state index in [1.165, 1.54) is 32.2 Å². The van der Waals surface area contributed by atoms with E-state index < -0.39 is 0 Å². The Morgan fingerprint density at radius 3 is 2.27 bits per heavy atom. The van der Waals surface area contributed by atoms with Crippen LogP contribution in [0.4, 0.5) is 0 Å². The van der Waals surface area contributed by atoms with Crippen LogP contribution >= 0.6 is 0 Å². The molecule has 0 aromatic carbocycles. The summed E-state index contributed by atoms with van der Waals surface area (Å²) in [6.45, 7) is 8.15. The average Bonchev–Trinajstić information content (AvgIpc) is 1.94. The van der Waals surface area contributed by atoms with Crippen molar-refractivity contribution in [3.05, 3.63) is 0 Å². The highest BCUT2D eigenvalue weighted by Crippen LogP contribution is 2.26. The molecule has 0 bridgehead atoms. The minimum Gasteiger partial charge on any atom is -0.298 e. The quantitative estimate of drug-likeness (QED) is 0.603. The van der Waals surface area contributed by atoms with Gasteiger partial charge < -0.3 is 0 Å². The number of rotatable bonds is 4. The molecule has 66 valence electrons. The van der Waals surface area contributed by atoms with Gasteiger partial charge in [-0.05, 0) is 32.7 Å². The van der Waals surface area contributed by atoms with Gasteiger partial charge in [0.05, 0.1) is 0 Å². The predicted octanol–water partition coefficient (Wildman–Crippen LogP) is 2.66. The minimum atomic E-state index is 0.797. The summed E-state index contributed by atoms with van der Waals surface area (Å²) >= 11 is 0. The van der Waals surface area contributed by atoms with Crippen LogP contribution in [0, 0.1) is 0 Å². The maximum Gasteiger partial charge on any atom is 0.00979 e. The van der Waals surface area contributed by atoms with E-state index in [0.717, 1.165) is 12.1 Å². The summed E-state index contributed by atoms with van der Waals surface area (Å²) in [5.41, 5.74) is 0. The molecule has 1 heteroatoms. The van der Waals surface area contributed by atoms with E-state index in [1.54, 1.807) is 0 Å². The summed E-state index contributed by atoms with van der Waals surface area (Å²) in [6.07, 6.45) is 5.64. The first-order valence-electron chi connectivity index (χ1n) is 5.05. The molecule has 0 aromatic rings. The molecular formula is C10H21N. The topological polar surface area (TPSA) is 3.24 Å². The molecule has 1 atom stereocenters. The van der Waals surface area contributed by atoms with E-state index in [4.69, 9.17) is 0 Å². The Labute approximate surface area is 70.8 Å². The highest BCUT2D eigenvalue weighted by Gasteiger charge is 2.25. The molecule has 0 spiro atoms. The highest BCUT2D eigenvalue weighted by atomic mass is 15.2. The summed E-state index contributed by atoms with van der Waals surface area (Å²) in [5, 5.41) is 0. The van der Waals surface area contributed by atoms with Gasteiger partial charge in [-0.15, -0.1) is 0 Å². The summed E-state index contributed by atoms with van der Waals surface area (Å²) in [7, 11) is 0. The standard InChI is InChI=1S/C10H21N/c1-4-9(3)11(5-2)10-7-6-8-10/h9-10H,4-8H2,1-3H3. The zero-order valence-electron chi connectivity index (χ0n) is 8.14. The van der Waals surface area contributed by atoms with Gasteiger partial charge >= 0.3 is 0 Å². The van der Waals surface area contributed by atoms with Gasteiger partial charge in [-0.2, -0.15) is 0 Å². The summed E-state index contributed by atoms with van der Waals surface area (Å²) in [4.78, 5) is 2.66. The van der Waals surface area contributed by atoms with Crippen molar-refractivity contribution in [2.45, 2.75) is 58.5 Å². The zero-order chi connectivity index (χ0) is 8.27. The van der Waals surface area contributed by atoms with Crippen LogP contribution in [-0.4, -0.2) is 23.5 Å². The minimum absolute atomic E-state index is 0.797. The van der Waals surface area contributed by atoms with Crippen molar-refractivity contribution in [2.24, 2.45) is 0 Å². The summed E-state index contributed by atoms with van der Waals surface area (Å²) in [6, 6.07) is 1.72. The first kappa shape index (κ1) is 9.05. The molecule has 0 aromatic heterocycles. The van der Waals surface area contributed by atoms with Crippen molar-refractivity contribution >= 4 is 0 Å². The Hall–Kier alpha value is -0.0400. The third kappa shape index (κ3) is 1.96. The Balaban J connectivity index is 2.34. The Kier molecular flexibility index (Phi) is 3.38. The van der Waals surface area contributed by atoms with Crippen LogP contribution in [0.5, 0.6) is 0 Å². The molecule has 1 unspecified atom stereocenters. The molecule has 0 N–H and O–H groups in total. The van der Waals surface area contributed by atoms with Crippen molar-refractivity contribution < 1.29 is 0 Å². The van der Waals surface area contributed by atoms with E-state index >= 15 is 0 Å². The lowest BCUT2D eigenvalue weighted by atomic mass is 9.90. The van der Waals surface area contributed by atoms with Gasteiger partial charge in [0.1, 0.15) is 0 Å². The largest absolute Gasteiger partial charge is 0.298 e. The molecule has 1 rings (SSSR count). The number of hydrogen-bond acceptors (Lipinski definition) is 1. The second-order valence-electron chi connectivity index (χ2n) is 3.67. The van der Waals surface area contributed by atoms with Crippen LogP contribution in [0.3, 0.4) is 0 Å². The van der Waals surface area contributed by atoms with Crippen LogP contribution in [0.2, 0.25) is 0 Å². The molecule has 0 saturated heterocycles. The lowest BCUT2D eigenvalue weighted by Crippen LogP contribution is -2.45. The van der Waals surface area contributed by atoms with Gasteiger partial charge in [0.15, 0.2) is 0 Å². The molecule has 1 fully saturated rings. The Bertz CT molecular complexity index is 103. The molecule has 1 aliphatic rings. The summed E-state index contributed by atoms with van der Waals surface area (Å²) < 4.78 is 0. The van der Waals surface area contributed by atoms with E-state index in [0.29, 0.717) is 0 Å². The van der Waals surface area contributed by atoms with Crippen LogP contribution in [0.15, 0.2) is 0 Å². The fraction of sp³-hybridized carbons (Fsp3) is 1.00. The van der Waals surface area contributed by atoms with E-state index in [-0.39, 0.29) is 0 Å². The van der Waals surface area contributed by atoms with Crippen molar-refractivity contribution in [3.63, 3.8) is 0 Å². The second kappa shape index (κ2) is 4.10. The lowest BCUT2D eigenvalue weighted by Gasteiger charge is -2.40. The number of hydrogen-bond donors (Lipinski definition) is 0. The van der Waals surface area contributed by atoms with Crippen LogP contribution in [-0.2, 0) is 0 Å².